The number of hydrogen-bond acceptors (Lipinski definition) is 2. The molecular formula is C17H24BrNO. The molecule has 2 rings (SSSR count). The molecule has 1 aromatic rings. The van der Waals surface area contributed by atoms with Crippen LogP contribution in [-0.4, -0.2) is 30.3 Å². The van der Waals surface area contributed by atoms with Crippen LogP contribution in [0.4, 0.5) is 0 Å². The molecule has 0 radical (unpaired) electrons. The quantitative estimate of drug-likeness (QED) is 0.762. The van der Waals surface area contributed by atoms with E-state index >= 15 is 0 Å². The Balaban J connectivity index is 1.88. The molecule has 1 fully saturated rings. The standard InChI is InChI=1S/C17H24BrNO/c1-17(2,3)14-7-9-19(10-8-14)12-16(20)13-5-4-6-15(18)11-13/h4-6,11,14H,7-10,12H2,1-3H3. The summed E-state index contributed by atoms with van der Waals surface area (Å²) in [4.78, 5) is 14.6. The van der Waals surface area contributed by atoms with Gasteiger partial charge in [0.1, 0.15) is 0 Å². The predicted molar refractivity (Wildman–Crippen MR) is 87.1 cm³/mol. The molecule has 1 aromatic carbocycles. The Morgan fingerprint density at radius 2 is 1.95 bits per heavy atom. The van der Waals surface area contributed by atoms with Crippen molar-refractivity contribution in [2.24, 2.45) is 11.3 Å². The number of carbonyl (C=O) groups excluding carboxylic acids is 1. The Labute approximate surface area is 130 Å². The zero-order chi connectivity index (χ0) is 14.8. The second-order valence-corrected chi connectivity index (χ2v) is 7.77. The summed E-state index contributed by atoms with van der Waals surface area (Å²) < 4.78 is 0.967. The number of hydrogen-bond donors (Lipinski definition) is 0. The fraction of sp³-hybridized carbons (Fsp3) is 0.588. The molecule has 0 N–H and O–H groups in total. The fourth-order valence-corrected chi connectivity index (χ4v) is 3.31. The Bertz CT molecular complexity index is 470. The molecule has 0 aromatic heterocycles. The van der Waals surface area contributed by atoms with Gasteiger partial charge in [0.2, 0.25) is 0 Å². The van der Waals surface area contributed by atoms with Crippen molar-refractivity contribution in [3.63, 3.8) is 0 Å². The molecule has 3 heteroatoms. The highest BCUT2D eigenvalue weighted by atomic mass is 79.9. The molecule has 0 saturated carbocycles. The van der Waals surface area contributed by atoms with Crippen molar-refractivity contribution in [1.29, 1.82) is 0 Å². The first-order chi connectivity index (χ1) is 9.36. The highest BCUT2D eigenvalue weighted by molar-refractivity contribution is 9.10. The maximum absolute atomic E-state index is 12.3. The number of carbonyl (C=O) groups is 1. The van der Waals surface area contributed by atoms with E-state index in [0.717, 1.165) is 29.0 Å². The van der Waals surface area contributed by atoms with Crippen LogP contribution in [0.2, 0.25) is 0 Å². The first kappa shape index (κ1) is 15.7. The average molecular weight is 338 g/mol. The number of ketones is 1. The minimum atomic E-state index is 0.223. The van der Waals surface area contributed by atoms with Crippen LogP contribution in [0.15, 0.2) is 28.7 Å². The van der Waals surface area contributed by atoms with Gasteiger partial charge in [-0.3, -0.25) is 9.69 Å². The lowest BCUT2D eigenvalue weighted by Gasteiger charge is -2.38. The van der Waals surface area contributed by atoms with Gasteiger partial charge >= 0.3 is 0 Å². The largest absolute Gasteiger partial charge is 0.296 e. The van der Waals surface area contributed by atoms with Gasteiger partial charge in [-0.2, -0.15) is 0 Å². The normalized spacial score (nSPS) is 18.2. The maximum atomic E-state index is 12.3. The Morgan fingerprint density at radius 3 is 2.50 bits per heavy atom. The van der Waals surface area contributed by atoms with E-state index in [0.29, 0.717) is 12.0 Å². The van der Waals surface area contributed by atoms with Crippen molar-refractivity contribution < 1.29 is 4.79 Å². The summed E-state index contributed by atoms with van der Waals surface area (Å²) in [6.07, 6.45) is 2.41. The minimum Gasteiger partial charge on any atom is -0.296 e. The molecule has 1 heterocycles. The topological polar surface area (TPSA) is 20.3 Å². The lowest BCUT2D eigenvalue weighted by molar-refractivity contribution is 0.0822. The monoisotopic (exact) mass is 337 g/mol. The molecule has 1 saturated heterocycles. The van der Waals surface area contributed by atoms with Gasteiger partial charge in [-0.15, -0.1) is 0 Å². The number of Topliss-reactive ketones (excluding diaryl/α,β-unsaturated/α-hetero) is 1. The summed E-state index contributed by atoms with van der Waals surface area (Å²) in [7, 11) is 0. The number of rotatable bonds is 3. The number of benzene rings is 1. The van der Waals surface area contributed by atoms with Crippen molar-refractivity contribution in [3.8, 4) is 0 Å². The molecule has 2 nitrogen and oxygen atoms in total. The summed E-state index contributed by atoms with van der Waals surface area (Å²) in [5.41, 5.74) is 1.19. The predicted octanol–water partition coefficient (Wildman–Crippen LogP) is 4.39. The third-order valence-corrected chi connectivity index (χ3v) is 4.82. The van der Waals surface area contributed by atoms with E-state index in [1.165, 1.54) is 12.8 Å². The second kappa shape index (κ2) is 6.40. The van der Waals surface area contributed by atoms with Crippen LogP contribution in [0.1, 0.15) is 44.0 Å². The van der Waals surface area contributed by atoms with Gasteiger partial charge in [0, 0.05) is 10.0 Å². The van der Waals surface area contributed by atoms with Crippen LogP contribution in [0.3, 0.4) is 0 Å². The molecule has 0 amide bonds. The number of likely N-dealkylation sites (tertiary alicyclic amines) is 1. The van der Waals surface area contributed by atoms with Gasteiger partial charge in [0.15, 0.2) is 5.78 Å². The van der Waals surface area contributed by atoms with Gasteiger partial charge in [-0.25, -0.2) is 0 Å². The van der Waals surface area contributed by atoms with Gasteiger partial charge < -0.3 is 0 Å². The minimum absolute atomic E-state index is 0.223. The number of piperidine rings is 1. The molecule has 1 aliphatic heterocycles. The molecule has 0 spiro atoms. The van der Waals surface area contributed by atoms with E-state index in [1.54, 1.807) is 0 Å². The van der Waals surface area contributed by atoms with Gasteiger partial charge in [-0.1, -0.05) is 48.8 Å². The number of halogens is 1. The molecule has 20 heavy (non-hydrogen) atoms. The lowest BCUT2D eigenvalue weighted by Crippen LogP contribution is -2.40. The first-order valence-electron chi connectivity index (χ1n) is 7.37. The number of nitrogens with zero attached hydrogens (tertiary/aromatic N) is 1. The highest BCUT2D eigenvalue weighted by Gasteiger charge is 2.29. The molecule has 0 atom stereocenters. The van der Waals surface area contributed by atoms with Crippen molar-refractivity contribution in [3.05, 3.63) is 34.3 Å². The summed E-state index contributed by atoms with van der Waals surface area (Å²) in [5, 5.41) is 0. The van der Waals surface area contributed by atoms with Crippen LogP contribution < -0.4 is 0 Å². The smallest absolute Gasteiger partial charge is 0.176 e. The summed E-state index contributed by atoms with van der Waals surface area (Å²) in [6, 6.07) is 7.67. The fourth-order valence-electron chi connectivity index (χ4n) is 2.91. The molecule has 110 valence electrons. The Morgan fingerprint density at radius 1 is 1.30 bits per heavy atom. The molecule has 1 aliphatic rings. The first-order valence-corrected chi connectivity index (χ1v) is 8.16. The van der Waals surface area contributed by atoms with Crippen molar-refractivity contribution in [2.45, 2.75) is 33.6 Å². The van der Waals surface area contributed by atoms with Crippen LogP contribution in [-0.2, 0) is 0 Å². The van der Waals surface area contributed by atoms with Crippen LogP contribution in [0.25, 0.3) is 0 Å². The highest BCUT2D eigenvalue weighted by Crippen LogP contribution is 2.34. The third kappa shape index (κ3) is 4.16. The van der Waals surface area contributed by atoms with E-state index in [1.807, 2.05) is 24.3 Å². The van der Waals surface area contributed by atoms with E-state index in [-0.39, 0.29) is 5.78 Å². The van der Waals surface area contributed by atoms with Crippen LogP contribution in [0, 0.1) is 11.3 Å². The summed E-state index contributed by atoms with van der Waals surface area (Å²) in [6.45, 7) is 9.59. The Hall–Kier alpha value is -0.670. The van der Waals surface area contributed by atoms with Crippen LogP contribution >= 0.6 is 15.9 Å². The zero-order valence-electron chi connectivity index (χ0n) is 12.7. The summed E-state index contributed by atoms with van der Waals surface area (Å²) >= 11 is 3.42. The van der Waals surface area contributed by atoms with E-state index in [2.05, 4.69) is 41.6 Å². The molecule has 0 aliphatic carbocycles. The van der Waals surface area contributed by atoms with Crippen molar-refractivity contribution in [1.82, 2.24) is 4.90 Å². The van der Waals surface area contributed by atoms with E-state index < -0.39 is 0 Å². The van der Waals surface area contributed by atoms with Crippen molar-refractivity contribution in [2.75, 3.05) is 19.6 Å². The third-order valence-electron chi connectivity index (χ3n) is 4.33. The second-order valence-electron chi connectivity index (χ2n) is 6.85. The van der Waals surface area contributed by atoms with E-state index in [4.69, 9.17) is 0 Å². The maximum Gasteiger partial charge on any atom is 0.176 e. The molecular weight excluding hydrogens is 314 g/mol. The van der Waals surface area contributed by atoms with Gasteiger partial charge in [-0.05, 0) is 49.4 Å². The lowest BCUT2D eigenvalue weighted by atomic mass is 9.75. The molecule has 0 bridgehead atoms. The van der Waals surface area contributed by atoms with Crippen molar-refractivity contribution >= 4 is 21.7 Å². The van der Waals surface area contributed by atoms with Gasteiger partial charge in [0.25, 0.3) is 0 Å². The van der Waals surface area contributed by atoms with E-state index in [9.17, 15) is 4.79 Å². The summed E-state index contributed by atoms with van der Waals surface area (Å²) in [5.74, 6) is 1.00. The van der Waals surface area contributed by atoms with Gasteiger partial charge in [0.05, 0.1) is 6.54 Å². The SMILES string of the molecule is CC(C)(C)C1CCN(CC(=O)c2cccc(Br)c2)CC1. The zero-order valence-corrected chi connectivity index (χ0v) is 14.2. The Kier molecular flexibility index (Phi) is 5.03. The van der Waals surface area contributed by atoms with Crippen LogP contribution in [0.5, 0.6) is 0 Å². The molecule has 0 unspecified atom stereocenters. The average Bonchev–Trinajstić information content (AvgIpc) is 2.38.